The number of methoxy groups -OCH3 is 2. The van der Waals surface area contributed by atoms with Crippen molar-refractivity contribution in [3.8, 4) is 11.5 Å². The number of esters is 1. The van der Waals surface area contributed by atoms with Crippen LogP contribution in [0.1, 0.15) is 33.3 Å². The van der Waals surface area contributed by atoms with E-state index in [0.717, 1.165) is 20.9 Å². The Kier molecular flexibility index (Phi) is 6.99. The van der Waals surface area contributed by atoms with Gasteiger partial charge >= 0.3 is 5.97 Å². The third-order valence-electron chi connectivity index (χ3n) is 4.61. The van der Waals surface area contributed by atoms with Crippen molar-refractivity contribution >= 4 is 38.7 Å². The molecule has 7 nitrogen and oxygen atoms in total. The Bertz CT molecular complexity index is 1080. The topological polar surface area (TPSA) is 89.7 Å². The van der Waals surface area contributed by atoms with Gasteiger partial charge in [-0.15, -0.1) is 0 Å². The van der Waals surface area contributed by atoms with Gasteiger partial charge < -0.3 is 24.5 Å². The van der Waals surface area contributed by atoms with Gasteiger partial charge in [0.1, 0.15) is 5.69 Å². The molecule has 0 saturated carbocycles. The lowest BCUT2D eigenvalue weighted by atomic mass is 10.1. The van der Waals surface area contributed by atoms with E-state index in [4.69, 9.17) is 14.2 Å². The predicted molar refractivity (Wildman–Crippen MR) is 118 cm³/mol. The highest BCUT2D eigenvalue weighted by Gasteiger charge is 2.13. The Hall–Kier alpha value is -3.00. The maximum Gasteiger partial charge on any atom is 0.354 e. The second-order valence-electron chi connectivity index (χ2n) is 6.51. The first-order valence-electron chi connectivity index (χ1n) is 9.45. The molecule has 0 unspecified atom stereocenters. The number of carbonyl (C=O) groups excluding carboxylic acids is 2. The number of hydrogen-bond donors (Lipinski definition) is 2. The van der Waals surface area contributed by atoms with Crippen LogP contribution >= 0.6 is 15.9 Å². The molecule has 158 valence electrons. The molecule has 2 N–H and O–H groups in total. The van der Waals surface area contributed by atoms with Crippen LogP contribution in [0.3, 0.4) is 0 Å². The number of H-pyrrole nitrogens is 1. The number of nitrogens with one attached hydrogen (secondary N) is 2. The number of rotatable bonds is 8. The fraction of sp³-hybridized carbons (Fsp3) is 0.273. The van der Waals surface area contributed by atoms with Gasteiger partial charge in [0.25, 0.3) is 5.91 Å². The number of fused-ring (bicyclic) bond motifs is 1. The molecule has 30 heavy (non-hydrogen) atoms. The average Bonchev–Trinajstić information content (AvgIpc) is 3.18. The van der Waals surface area contributed by atoms with Crippen LogP contribution in [0.5, 0.6) is 11.5 Å². The van der Waals surface area contributed by atoms with Crippen LogP contribution in [0, 0.1) is 0 Å². The fourth-order valence-corrected chi connectivity index (χ4v) is 3.61. The molecule has 0 aliphatic carbocycles. The molecule has 0 aliphatic rings. The van der Waals surface area contributed by atoms with Crippen molar-refractivity contribution in [3.63, 3.8) is 0 Å². The van der Waals surface area contributed by atoms with Crippen molar-refractivity contribution in [2.75, 3.05) is 27.4 Å². The van der Waals surface area contributed by atoms with Crippen molar-refractivity contribution in [3.05, 3.63) is 57.7 Å². The molecule has 1 aromatic heterocycles. The van der Waals surface area contributed by atoms with Gasteiger partial charge in [-0.25, -0.2) is 4.79 Å². The van der Waals surface area contributed by atoms with Crippen LogP contribution in [0.15, 0.2) is 40.9 Å². The summed E-state index contributed by atoms with van der Waals surface area (Å²) in [5.74, 6) is 0.670. The minimum Gasteiger partial charge on any atom is -0.493 e. The minimum atomic E-state index is -0.416. The smallest absolute Gasteiger partial charge is 0.354 e. The minimum absolute atomic E-state index is 0.188. The molecule has 0 bridgehead atoms. The first-order valence-corrected chi connectivity index (χ1v) is 10.2. The summed E-state index contributed by atoms with van der Waals surface area (Å²) in [7, 11) is 3.17. The molecular formula is C22H23BrN2O5. The summed E-state index contributed by atoms with van der Waals surface area (Å²) in [6.45, 7) is 2.51. The van der Waals surface area contributed by atoms with E-state index in [1.165, 1.54) is 0 Å². The standard InChI is InChI=1S/C22H23BrN2O5/c1-4-30-22(27)18-10-15-9-14(5-6-17(15)25-18)21(26)24-8-7-13-11-19(28-2)20(29-3)12-16(13)23/h5-6,9-12,25H,4,7-8H2,1-3H3,(H,24,26). The van der Waals surface area contributed by atoms with Crippen LogP contribution in [-0.2, 0) is 11.2 Å². The van der Waals surface area contributed by atoms with Gasteiger partial charge in [-0.1, -0.05) is 15.9 Å². The Morgan fingerprint density at radius 1 is 1.07 bits per heavy atom. The van der Waals surface area contributed by atoms with E-state index in [0.29, 0.717) is 42.3 Å². The molecule has 1 heterocycles. The molecule has 1 amide bonds. The average molecular weight is 475 g/mol. The second-order valence-corrected chi connectivity index (χ2v) is 7.36. The summed E-state index contributed by atoms with van der Waals surface area (Å²) in [6, 6.07) is 10.7. The van der Waals surface area contributed by atoms with E-state index < -0.39 is 5.97 Å². The lowest BCUT2D eigenvalue weighted by molar-refractivity contribution is 0.0520. The number of carbonyl (C=O) groups is 2. The van der Waals surface area contributed by atoms with Gasteiger partial charge in [0.05, 0.1) is 20.8 Å². The first-order chi connectivity index (χ1) is 14.5. The maximum absolute atomic E-state index is 12.6. The predicted octanol–water partition coefficient (Wildman–Crippen LogP) is 4.10. The quantitative estimate of drug-likeness (QED) is 0.479. The monoisotopic (exact) mass is 474 g/mol. The summed E-state index contributed by atoms with van der Waals surface area (Å²) >= 11 is 3.53. The van der Waals surface area contributed by atoms with Crippen LogP contribution in [-0.4, -0.2) is 44.2 Å². The van der Waals surface area contributed by atoms with E-state index in [2.05, 4.69) is 26.2 Å². The lowest BCUT2D eigenvalue weighted by Crippen LogP contribution is -2.25. The SMILES string of the molecule is CCOC(=O)c1cc2cc(C(=O)NCCc3cc(OC)c(OC)cc3Br)ccc2[nH]1. The summed E-state index contributed by atoms with van der Waals surface area (Å²) in [5.41, 5.74) is 2.64. The van der Waals surface area contributed by atoms with Gasteiger partial charge in [-0.3, -0.25) is 4.79 Å². The Balaban J connectivity index is 1.66. The first kappa shape index (κ1) is 21.7. The molecule has 3 aromatic rings. The molecule has 0 saturated heterocycles. The van der Waals surface area contributed by atoms with Crippen molar-refractivity contribution in [2.24, 2.45) is 0 Å². The number of benzene rings is 2. The van der Waals surface area contributed by atoms with Crippen molar-refractivity contribution in [1.29, 1.82) is 0 Å². The summed E-state index contributed by atoms with van der Waals surface area (Å²) < 4.78 is 16.5. The Labute approximate surface area is 182 Å². The normalized spacial score (nSPS) is 10.7. The van der Waals surface area contributed by atoms with E-state index in [-0.39, 0.29) is 5.91 Å². The van der Waals surface area contributed by atoms with Crippen molar-refractivity contribution in [1.82, 2.24) is 10.3 Å². The van der Waals surface area contributed by atoms with Gasteiger partial charge in [-0.05, 0) is 55.3 Å². The molecular weight excluding hydrogens is 452 g/mol. The largest absolute Gasteiger partial charge is 0.493 e. The Morgan fingerprint density at radius 3 is 2.50 bits per heavy atom. The van der Waals surface area contributed by atoms with Gasteiger partial charge in [0.2, 0.25) is 0 Å². The van der Waals surface area contributed by atoms with Crippen molar-refractivity contribution < 1.29 is 23.8 Å². The third-order valence-corrected chi connectivity index (χ3v) is 5.35. The molecule has 0 spiro atoms. The van der Waals surface area contributed by atoms with Crippen molar-refractivity contribution in [2.45, 2.75) is 13.3 Å². The highest BCUT2D eigenvalue weighted by Crippen LogP contribution is 2.33. The zero-order valence-electron chi connectivity index (χ0n) is 17.0. The second kappa shape index (κ2) is 9.67. The van der Waals surface area contributed by atoms with E-state index in [1.54, 1.807) is 45.4 Å². The molecule has 0 radical (unpaired) electrons. The van der Waals surface area contributed by atoms with Gasteiger partial charge in [0, 0.05) is 27.5 Å². The van der Waals surface area contributed by atoms with E-state index >= 15 is 0 Å². The van der Waals surface area contributed by atoms with Crippen LogP contribution in [0.2, 0.25) is 0 Å². The number of aromatic amines is 1. The molecule has 0 atom stereocenters. The maximum atomic E-state index is 12.6. The van der Waals surface area contributed by atoms with Gasteiger partial charge in [-0.2, -0.15) is 0 Å². The lowest BCUT2D eigenvalue weighted by Gasteiger charge is -2.12. The van der Waals surface area contributed by atoms with E-state index in [1.807, 2.05) is 12.1 Å². The summed E-state index contributed by atoms with van der Waals surface area (Å²) in [6.07, 6.45) is 0.617. The molecule has 8 heteroatoms. The summed E-state index contributed by atoms with van der Waals surface area (Å²) in [4.78, 5) is 27.4. The third kappa shape index (κ3) is 4.76. The Morgan fingerprint density at radius 2 is 1.80 bits per heavy atom. The van der Waals surface area contributed by atoms with E-state index in [9.17, 15) is 9.59 Å². The molecule has 0 fully saturated rings. The zero-order valence-corrected chi connectivity index (χ0v) is 18.6. The number of aromatic nitrogens is 1. The zero-order chi connectivity index (χ0) is 21.7. The number of hydrogen-bond acceptors (Lipinski definition) is 5. The fourth-order valence-electron chi connectivity index (χ4n) is 3.09. The molecule has 0 aliphatic heterocycles. The van der Waals surface area contributed by atoms with Crippen LogP contribution < -0.4 is 14.8 Å². The highest BCUT2D eigenvalue weighted by atomic mass is 79.9. The molecule has 2 aromatic carbocycles. The van der Waals surface area contributed by atoms with Crippen LogP contribution in [0.4, 0.5) is 0 Å². The van der Waals surface area contributed by atoms with Gasteiger partial charge in [0.15, 0.2) is 11.5 Å². The summed E-state index contributed by atoms with van der Waals surface area (Å²) in [5, 5.41) is 3.69. The number of amides is 1. The number of ether oxygens (including phenoxy) is 3. The molecule has 3 rings (SSSR count). The highest BCUT2D eigenvalue weighted by molar-refractivity contribution is 9.10. The van der Waals surface area contributed by atoms with Crippen LogP contribution in [0.25, 0.3) is 10.9 Å². The number of halogens is 1.